The molecule has 0 bridgehead atoms. The van der Waals surface area contributed by atoms with Crippen LogP contribution in [0.2, 0.25) is 5.02 Å². The van der Waals surface area contributed by atoms with Gasteiger partial charge in [0.2, 0.25) is 5.91 Å². The second-order valence-corrected chi connectivity index (χ2v) is 4.81. The van der Waals surface area contributed by atoms with E-state index in [9.17, 15) is 4.79 Å². The van der Waals surface area contributed by atoms with E-state index in [2.05, 4.69) is 17.6 Å². The van der Waals surface area contributed by atoms with Crippen LogP contribution in [-0.2, 0) is 11.2 Å². The van der Waals surface area contributed by atoms with Gasteiger partial charge in [0.1, 0.15) is 0 Å². The van der Waals surface area contributed by atoms with E-state index in [1.165, 1.54) is 0 Å². The second-order valence-electron chi connectivity index (χ2n) is 3.96. The van der Waals surface area contributed by atoms with E-state index >= 15 is 0 Å². The molecule has 0 atom stereocenters. The molecule has 2 N–H and O–H groups in total. The van der Waals surface area contributed by atoms with Crippen molar-refractivity contribution in [3.8, 4) is 0 Å². The standard InChI is InChI=1S/C13H17ClN2OS/c1-2-3-8-15-13(18)16-12(17)9-10-4-6-11(14)7-5-10/h4-7H,2-3,8-9H2,1H3,(H2,15,16,17,18). The molecule has 0 spiro atoms. The Labute approximate surface area is 118 Å². The second kappa shape index (κ2) is 8.06. The quantitative estimate of drug-likeness (QED) is 0.645. The van der Waals surface area contributed by atoms with Gasteiger partial charge in [-0.1, -0.05) is 37.1 Å². The van der Waals surface area contributed by atoms with Gasteiger partial charge in [0.15, 0.2) is 5.11 Å². The van der Waals surface area contributed by atoms with E-state index in [-0.39, 0.29) is 5.91 Å². The first-order chi connectivity index (χ1) is 8.61. The van der Waals surface area contributed by atoms with Crippen molar-refractivity contribution >= 4 is 34.8 Å². The zero-order chi connectivity index (χ0) is 13.4. The molecule has 0 aliphatic carbocycles. The predicted molar refractivity (Wildman–Crippen MR) is 78.8 cm³/mol. The summed E-state index contributed by atoms with van der Waals surface area (Å²) in [5.74, 6) is -0.119. The first-order valence-electron chi connectivity index (χ1n) is 5.94. The fraction of sp³-hybridized carbons (Fsp3) is 0.385. The Balaban J connectivity index is 2.32. The number of amides is 1. The van der Waals surface area contributed by atoms with Crippen molar-refractivity contribution in [2.45, 2.75) is 26.2 Å². The van der Waals surface area contributed by atoms with Crippen molar-refractivity contribution in [2.24, 2.45) is 0 Å². The van der Waals surface area contributed by atoms with Crippen LogP contribution in [0.15, 0.2) is 24.3 Å². The Morgan fingerprint density at radius 2 is 2.00 bits per heavy atom. The third-order valence-corrected chi connectivity index (χ3v) is 2.85. The number of hydrogen-bond donors (Lipinski definition) is 2. The van der Waals surface area contributed by atoms with Gasteiger partial charge in [0, 0.05) is 11.6 Å². The van der Waals surface area contributed by atoms with Gasteiger partial charge >= 0.3 is 0 Å². The minimum absolute atomic E-state index is 0.119. The fourth-order valence-corrected chi connectivity index (χ4v) is 1.72. The Bertz CT molecular complexity index is 406. The molecule has 1 amide bonds. The molecule has 98 valence electrons. The van der Waals surface area contributed by atoms with Crippen molar-refractivity contribution in [3.63, 3.8) is 0 Å². The maximum absolute atomic E-state index is 11.7. The van der Waals surface area contributed by atoms with Gasteiger partial charge in [-0.2, -0.15) is 0 Å². The number of nitrogens with one attached hydrogen (secondary N) is 2. The lowest BCUT2D eigenvalue weighted by molar-refractivity contribution is -0.119. The van der Waals surface area contributed by atoms with Crippen LogP contribution in [0.3, 0.4) is 0 Å². The Morgan fingerprint density at radius 3 is 2.61 bits per heavy atom. The van der Waals surface area contributed by atoms with Gasteiger partial charge in [0.05, 0.1) is 6.42 Å². The van der Waals surface area contributed by atoms with E-state index in [0.29, 0.717) is 16.6 Å². The smallest absolute Gasteiger partial charge is 0.230 e. The van der Waals surface area contributed by atoms with Crippen LogP contribution in [0.1, 0.15) is 25.3 Å². The summed E-state index contributed by atoms with van der Waals surface area (Å²) in [5, 5.41) is 6.69. The SMILES string of the molecule is CCCCNC(=S)NC(=O)Cc1ccc(Cl)cc1. The molecule has 0 aliphatic rings. The molecule has 1 rings (SSSR count). The molecule has 0 saturated carbocycles. The van der Waals surface area contributed by atoms with Crippen LogP contribution in [0.5, 0.6) is 0 Å². The summed E-state index contributed by atoms with van der Waals surface area (Å²) in [4.78, 5) is 11.7. The average molecular weight is 285 g/mol. The van der Waals surface area contributed by atoms with Crippen molar-refractivity contribution in [1.82, 2.24) is 10.6 Å². The van der Waals surface area contributed by atoms with E-state index in [1.54, 1.807) is 12.1 Å². The maximum Gasteiger partial charge on any atom is 0.230 e. The van der Waals surface area contributed by atoms with E-state index in [0.717, 1.165) is 24.9 Å². The highest BCUT2D eigenvalue weighted by atomic mass is 35.5. The highest BCUT2D eigenvalue weighted by Crippen LogP contribution is 2.09. The third-order valence-electron chi connectivity index (χ3n) is 2.35. The van der Waals surface area contributed by atoms with E-state index in [1.807, 2.05) is 12.1 Å². The summed E-state index contributed by atoms with van der Waals surface area (Å²) in [6, 6.07) is 7.19. The number of halogens is 1. The van der Waals surface area contributed by atoms with E-state index < -0.39 is 0 Å². The average Bonchev–Trinajstić information content (AvgIpc) is 2.32. The lowest BCUT2D eigenvalue weighted by atomic mass is 10.1. The van der Waals surface area contributed by atoms with Gasteiger partial charge in [-0.05, 0) is 36.3 Å². The number of carbonyl (C=O) groups is 1. The monoisotopic (exact) mass is 284 g/mol. The van der Waals surface area contributed by atoms with Crippen LogP contribution in [0, 0.1) is 0 Å². The number of unbranched alkanes of at least 4 members (excludes halogenated alkanes) is 1. The molecule has 5 heteroatoms. The number of rotatable bonds is 5. The van der Waals surface area contributed by atoms with Crippen molar-refractivity contribution in [3.05, 3.63) is 34.9 Å². The lowest BCUT2D eigenvalue weighted by Crippen LogP contribution is -2.40. The zero-order valence-electron chi connectivity index (χ0n) is 10.3. The van der Waals surface area contributed by atoms with Gasteiger partial charge in [-0.15, -0.1) is 0 Å². The van der Waals surface area contributed by atoms with E-state index in [4.69, 9.17) is 23.8 Å². The summed E-state index contributed by atoms with van der Waals surface area (Å²) in [5.41, 5.74) is 0.910. The third kappa shape index (κ3) is 5.98. The molecule has 0 aliphatic heterocycles. The highest BCUT2D eigenvalue weighted by molar-refractivity contribution is 7.80. The number of benzene rings is 1. The van der Waals surface area contributed by atoms with Crippen molar-refractivity contribution in [2.75, 3.05) is 6.54 Å². The van der Waals surface area contributed by atoms with Crippen LogP contribution in [0.25, 0.3) is 0 Å². The Kier molecular flexibility index (Phi) is 6.68. The topological polar surface area (TPSA) is 41.1 Å². The summed E-state index contributed by atoms with van der Waals surface area (Å²) < 4.78 is 0. The summed E-state index contributed by atoms with van der Waals surface area (Å²) in [6.45, 7) is 2.89. The fourth-order valence-electron chi connectivity index (χ4n) is 1.38. The van der Waals surface area contributed by atoms with Crippen molar-refractivity contribution in [1.29, 1.82) is 0 Å². The van der Waals surface area contributed by atoms with Crippen molar-refractivity contribution < 1.29 is 4.79 Å². The van der Waals surface area contributed by atoms with Gasteiger partial charge in [-0.25, -0.2) is 0 Å². The Hall–Kier alpha value is -1.13. The van der Waals surface area contributed by atoms with Crippen LogP contribution < -0.4 is 10.6 Å². The lowest BCUT2D eigenvalue weighted by Gasteiger charge is -2.08. The molecule has 18 heavy (non-hydrogen) atoms. The molecule has 0 unspecified atom stereocenters. The molecule has 3 nitrogen and oxygen atoms in total. The first kappa shape index (κ1) is 14.9. The first-order valence-corrected chi connectivity index (χ1v) is 6.72. The molecule has 1 aromatic rings. The van der Waals surface area contributed by atoms with Gasteiger partial charge in [-0.3, -0.25) is 4.79 Å². The molecular weight excluding hydrogens is 268 g/mol. The molecule has 0 radical (unpaired) electrons. The summed E-state index contributed by atoms with van der Waals surface area (Å²) in [7, 11) is 0. The molecule has 0 saturated heterocycles. The Morgan fingerprint density at radius 1 is 1.33 bits per heavy atom. The van der Waals surface area contributed by atoms with Crippen LogP contribution in [0.4, 0.5) is 0 Å². The highest BCUT2D eigenvalue weighted by Gasteiger charge is 2.05. The largest absolute Gasteiger partial charge is 0.362 e. The molecule has 0 fully saturated rings. The molecule has 0 aromatic heterocycles. The molecular formula is C13H17ClN2OS. The predicted octanol–water partition coefficient (Wildman–Crippen LogP) is 2.67. The van der Waals surface area contributed by atoms with Crippen LogP contribution >= 0.6 is 23.8 Å². The number of hydrogen-bond acceptors (Lipinski definition) is 2. The number of carbonyl (C=O) groups excluding carboxylic acids is 1. The maximum atomic E-state index is 11.7. The normalized spacial score (nSPS) is 9.89. The van der Waals surface area contributed by atoms with Gasteiger partial charge in [0.25, 0.3) is 0 Å². The molecule has 1 aromatic carbocycles. The minimum Gasteiger partial charge on any atom is -0.362 e. The number of thiocarbonyl (C=S) groups is 1. The molecule has 0 heterocycles. The summed E-state index contributed by atoms with van der Waals surface area (Å²) >= 11 is 10.8. The minimum atomic E-state index is -0.119. The zero-order valence-corrected chi connectivity index (χ0v) is 11.9. The van der Waals surface area contributed by atoms with Crippen LogP contribution in [-0.4, -0.2) is 17.6 Å². The summed E-state index contributed by atoms with van der Waals surface area (Å²) in [6.07, 6.45) is 2.42. The van der Waals surface area contributed by atoms with Gasteiger partial charge < -0.3 is 10.6 Å².